The fraction of sp³-hybridized carbons (Fsp3) is 0.833. The minimum absolute atomic E-state index is 0.0386. The Labute approximate surface area is 96.7 Å². The maximum Gasteiger partial charge on any atom is 0.249 e. The first kappa shape index (κ1) is 13.2. The van der Waals surface area contributed by atoms with E-state index in [-0.39, 0.29) is 24.3 Å². The van der Waals surface area contributed by atoms with E-state index in [0.717, 1.165) is 19.3 Å². The Morgan fingerprint density at radius 3 is 2.50 bits per heavy atom. The standard InChI is InChI=1S/C12H21NO3/c1-12(2,3)10(14)8-13-11(15)9-6-4-5-7-16-9/h9H,4-8H2,1-3H3,(H,13,15). The molecule has 1 unspecified atom stereocenters. The number of nitrogens with one attached hydrogen (secondary N) is 1. The highest BCUT2D eigenvalue weighted by molar-refractivity contribution is 5.90. The maximum atomic E-state index is 11.6. The van der Waals surface area contributed by atoms with Gasteiger partial charge in [0, 0.05) is 12.0 Å². The molecule has 1 aliphatic rings. The van der Waals surface area contributed by atoms with Crippen LogP contribution in [0.5, 0.6) is 0 Å². The van der Waals surface area contributed by atoms with Gasteiger partial charge in [0.05, 0.1) is 6.54 Å². The van der Waals surface area contributed by atoms with Gasteiger partial charge in [-0.2, -0.15) is 0 Å². The minimum Gasteiger partial charge on any atom is -0.368 e. The van der Waals surface area contributed by atoms with Gasteiger partial charge in [0.2, 0.25) is 5.91 Å². The van der Waals surface area contributed by atoms with Crippen LogP contribution in [0.3, 0.4) is 0 Å². The van der Waals surface area contributed by atoms with Crippen molar-refractivity contribution in [3.8, 4) is 0 Å². The number of rotatable bonds is 3. The van der Waals surface area contributed by atoms with Gasteiger partial charge in [0.15, 0.2) is 5.78 Å². The van der Waals surface area contributed by atoms with Gasteiger partial charge >= 0.3 is 0 Å². The van der Waals surface area contributed by atoms with Crippen LogP contribution in [0.1, 0.15) is 40.0 Å². The number of ether oxygens (including phenoxy) is 1. The molecule has 0 bridgehead atoms. The Bertz CT molecular complexity index is 262. The molecule has 0 aromatic rings. The first-order chi connectivity index (χ1) is 7.41. The Balaban J connectivity index is 2.32. The Kier molecular flexibility index (Phi) is 4.47. The van der Waals surface area contributed by atoms with E-state index >= 15 is 0 Å². The van der Waals surface area contributed by atoms with Crippen LogP contribution >= 0.6 is 0 Å². The van der Waals surface area contributed by atoms with E-state index in [9.17, 15) is 9.59 Å². The lowest BCUT2D eigenvalue weighted by atomic mass is 9.91. The van der Waals surface area contributed by atoms with Crippen molar-refractivity contribution < 1.29 is 14.3 Å². The van der Waals surface area contributed by atoms with Crippen LogP contribution in [0.25, 0.3) is 0 Å². The predicted octanol–water partition coefficient (Wildman–Crippen LogP) is 1.29. The average Bonchev–Trinajstić information content (AvgIpc) is 2.25. The van der Waals surface area contributed by atoms with Gasteiger partial charge in [-0.1, -0.05) is 20.8 Å². The second-order valence-corrected chi connectivity index (χ2v) is 5.25. The van der Waals surface area contributed by atoms with Crippen molar-refractivity contribution in [2.45, 2.75) is 46.1 Å². The monoisotopic (exact) mass is 227 g/mol. The molecule has 0 spiro atoms. The van der Waals surface area contributed by atoms with Crippen LogP contribution in [0, 0.1) is 5.41 Å². The summed E-state index contributed by atoms with van der Waals surface area (Å²) in [5.74, 6) is -0.117. The largest absolute Gasteiger partial charge is 0.368 e. The molecule has 92 valence electrons. The first-order valence-electron chi connectivity index (χ1n) is 5.84. The molecule has 0 aromatic carbocycles. The summed E-state index contributed by atoms with van der Waals surface area (Å²) < 4.78 is 5.33. The molecule has 1 saturated heterocycles. The highest BCUT2D eigenvalue weighted by Gasteiger charge is 2.25. The molecule has 0 aromatic heterocycles. The minimum atomic E-state index is -0.402. The molecule has 1 atom stereocenters. The van der Waals surface area contributed by atoms with Crippen molar-refractivity contribution in [2.75, 3.05) is 13.2 Å². The fourth-order valence-corrected chi connectivity index (χ4v) is 1.49. The van der Waals surface area contributed by atoms with Crippen LogP contribution in [0.4, 0.5) is 0 Å². The number of carbonyl (C=O) groups is 2. The molecule has 1 rings (SSSR count). The number of ketones is 1. The van der Waals surface area contributed by atoms with Gasteiger partial charge in [-0.25, -0.2) is 0 Å². The number of Topliss-reactive ketones (excluding diaryl/α,β-unsaturated/α-hetero) is 1. The lowest BCUT2D eigenvalue weighted by Crippen LogP contribution is -2.42. The molecular weight excluding hydrogens is 206 g/mol. The summed E-state index contributed by atoms with van der Waals surface area (Å²) >= 11 is 0. The molecule has 0 aliphatic carbocycles. The van der Waals surface area contributed by atoms with Crippen molar-refractivity contribution in [1.29, 1.82) is 0 Å². The van der Waals surface area contributed by atoms with E-state index in [0.29, 0.717) is 6.61 Å². The molecule has 1 aliphatic heterocycles. The number of amides is 1. The molecule has 1 heterocycles. The van der Waals surface area contributed by atoms with Crippen LogP contribution in [0.2, 0.25) is 0 Å². The van der Waals surface area contributed by atoms with E-state index in [1.54, 1.807) is 0 Å². The smallest absolute Gasteiger partial charge is 0.249 e. The SMILES string of the molecule is CC(C)(C)C(=O)CNC(=O)C1CCCCO1. The van der Waals surface area contributed by atoms with E-state index in [1.807, 2.05) is 20.8 Å². The molecule has 4 heteroatoms. The van der Waals surface area contributed by atoms with Gasteiger partial charge in [-0.05, 0) is 19.3 Å². The summed E-state index contributed by atoms with van der Waals surface area (Å²) in [6.07, 6.45) is 2.44. The summed E-state index contributed by atoms with van der Waals surface area (Å²) in [4.78, 5) is 23.2. The molecule has 16 heavy (non-hydrogen) atoms. The fourth-order valence-electron chi connectivity index (χ4n) is 1.49. The van der Waals surface area contributed by atoms with Crippen molar-refractivity contribution in [1.82, 2.24) is 5.32 Å². The molecule has 1 amide bonds. The van der Waals surface area contributed by atoms with E-state index in [1.165, 1.54) is 0 Å². The molecule has 4 nitrogen and oxygen atoms in total. The lowest BCUT2D eigenvalue weighted by molar-refractivity contribution is -0.137. The van der Waals surface area contributed by atoms with Crippen molar-refractivity contribution in [2.24, 2.45) is 5.41 Å². The Morgan fingerprint density at radius 2 is 2.00 bits per heavy atom. The van der Waals surface area contributed by atoms with Gasteiger partial charge in [0.1, 0.15) is 6.10 Å². The number of hydrogen-bond donors (Lipinski definition) is 1. The zero-order chi connectivity index (χ0) is 12.2. The van der Waals surface area contributed by atoms with Crippen molar-refractivity contribution >= 4 is 11.7 Å². The molecular formula is C12H21NO3. The third-order valence-electron chi connectivity index (χ3n) is 2.73. The topological polar surface area (TPSA) is 55.4 Å². The van der Waals surface area contributed by atoms with Crippen LogP contribution in [0.15, 0.2) is 0 Å². The van der Waals surface area contributed by atoms with Crippen LogP contribution < -0.4 is 5.32 Å². The molecule has 0 radical (unpaired) electrons. The van der Waals surface area contributed by atoms with Gasteiger partial charge < -0.3 is 10.1 Å². The maximum absolute atomic E-state index is 11.6. The Hall–Kier alpha value is -0.900. The van der Waals surface area contributed by atoms with Crippen molar-refractivity contribution in [3.63, 3.8) is 0 Å². The third kappa shape index (κ3) is 3.93. The molecule has 1 N–H and O–H groups in total. The highest BCUT2D eigenvalue weighted by Crippen LogP contribution is 2.15. The summed E-state index contributed by atoms with van der Waals surface area (Å²) in [5, 5.41) is 2.65. The summed E-state index contributed by atoms with van der Waals surface area (Å²) in [6, 6.07) is 0. The second-order valence-electron chi connectivity index (χ2n) is 5.25. The quantitative estimate of drug-likeness (QED) is 0.790. The molecule has 0 saturated carbocycles. The molecule has 1 fully saturated rings. The summed E-state index contributed by atoms with van der Waals surface area (Å²) in [6.45, 7) is 6.28. The zero-order valence-corrected chi connectivity index (χ0v) is 10.3. The number of carbonyl (C=O) groups excluding carboxylic acids is 2. The normalized spacial score (nSPS) is 21.6. The van der Waals surface area contributed by atoms with Crippen LogP contribution in [-0.4, -0.2) is 30.9 Å². The van der Waals surface area contributed by atoms with Gasteiger partial charge in [-0.15, -0.1) is 0 Å². The highest BCUT2D eigenvalue weighted by atomic mass is 16.5. The Morgan fingerprint density at radius 1 is 1.31 bits per heavy atom. The zero-order valence-electron chi connectivity index (χ0n) is 10.3. The van der Waals surface area contributed by atoms with E-state index in [2.05, 4.69) is 5.32 Å². The lowest BCUT2D eigenvalue weighted by Gasteiger charge is -2.22. The predicted molar refractivity (Wildman–Crippen MR) is 61.1 cm³/mol. The van der Waals surface area contributed by atoms with Gasteiger partial charge in [-0.3, -0.25) is 9.59 Å². The van der Waals surface area contributed by atoms with E-state index in [4.69, 9.17) is 4.74 Å². The van der Waals surface area contributed by atoms with Crippen molar-refractivity contribution in [3.05, 3.63) is 0 Å². The van der Waals surface area contributed by atoms with Crippen LogP contribution in [-0.2, 0) is 14.3 Å². The van der Waals surface area contributed by atoms with E-state index < -0.39 is 5.41 Å². The van der Waals surface area contributed by atoms with Gasteiger partial charge in [0.25, 0.3) is 0 Å². The first-order valence-corrected chi connectivity index (χ1v) is 5.84. The average molecular weight is 227 g/mol. The summed E-state index contributed by atoms with van der Waals surface area (Å²) in [5.41, 5.74) is -0.402. The number of hydrogen-bond acceptors (Lipinski definition) is 3. The third-order valence-corrected chi connectivity index (χ3v) is 2.73. The summed E-state index contributed by atoms with van der Waals surface area (Å²) in [7, 11) is 0. The second kappa shape index (κ2) is 5.43.